The molecule has 0 bridgehead atoms. The Morgan fingerprint density at radius 3 is 2.50 bits per heavy atom. The summed E-state index contributed by atoms with van der Waals surface area (Å²) in [6.45, 7) is 9.05. The monoisotopic (exact) mass is 543 g/mol. The highest BCUT2D eigenvalue weighted by Gasteiger charge is 2.39. The molecule has 2 aromatic rings. The first-order valence-electron chi connectivity index (χ1n) is 11.2. The minimum absolute atomic E-state index is 0. The number of halogens is 2. The number of rotatable bonds is 5. The van der Waals surface area contributed by atoms with Crippen molar-refractivity contribution in [2.24, 2.45) is 0 Å². The first kappa shape index (κ1) is 29.3. The summed E-state index contributed by atoms with van der Waals surface area (Å²) in [6, 6.07) is 4.47. The quantitative estimate of drug-likeness (QED) is 0.430. The van der Waals surface area contributed by atoms with Crippen molar-refractivity contribution < 1.29 is 19.2 Å². The minimum Gasteiger partial charge on any atom is -0.448 e. The number of hydrogen-bond acceptors (Lipinski definition) is 9. The summed E-state index contributed by atoms with van der Waals surface area (Å²) in [4.78, 5) is 40.9. The number of hydrogen-bond donors (Lipinski definition) is 2. The molecule has 1 fully saturated rings. The third-order valence-electron chi connectivity index (χ3n) is 6.23. The normalized spacial score (nSPS) is 16.4. The number of nitrogens with zero attached hydrogens (tertiary/aromatic N) is 5. The maximum absolute atomic E-state index is 13.0. The molecule has 2 N–H and O–H groups in total. The van der Waals surface area contributed by atoms with E-state index in [0.717, 1.165) is 17.8 Å². The highest BCUT2D eigenvalue weighted by atomic mass is 35.5. The van der Waals surface area contributed by atoms with Crippen LogP contribution in [0, 0.1) is 10.1 Å². The van der Waals surface area contributed by atoms with Gasteiger partial charge in [-0.25, -0.2) is 4.79 Å². The van der Waals surface area contributed by atoms with Crippen molar-refractivity contribution in [1.82, 2.24) is 20.0 Å². The van der Waals surface area contributed by atoms with E-state index in [1.807, 2.05) is 25.8 Å². The van der Waals surface area contributed by atoms with Gasteiger partial charge in [0.05, 0.1) is 22.8 Å². The van der Waals surface area contributed by atoms with Crippen LogP contribution in [0.5, 0.6) is 0 Å². The molecule has 1 saturated heterocycles. The number of nitro groups is 1. The zero-order valence-electron chi connectivity index (χ0n) is 20.6. The maximum Gasteiger partial charge on any atom is 0.435 e. The molecule has 0 atom stereocenters. The van der Waals surface area contributed by atoms with E-state index in [1.165, 1.54) is 6.07 Å². The molecule has 3 heterocycles. The fraction of sp³-hybridized carbons (Fsp3) is 0.500. The first-order chi connectivity index (χ1) is 16.1. The molecule has 2 aliphatic heterocycles. The molecule has 2 aliphatic rings. The van der Waals surface area contributed by atoms with Crippen molar-refractivity contribution in [3.8, 4) is 0 Å². The van der Waals surface area contributed by atoms with E-state index in [1.54, 1.807) is 19.1 Å². The van der Waals surface area contributed by atoms with Crippen molar-refractivity contribution >= 4 is 54.0 Å². The van der Waals surface area contributed by atoms with Gasteiger partial charge in [-0.05, 0) is 40.0 Å². The number of nitrogens with one attached hydrogen (secondary N) is 2. The van der Waals surface area contributed by atoms with Crippen molar-refractivity contribution in [2.75, 3.05) is 50.1 Å². The Morgan fingerprint density at radius 2 is 1.89 bits per heavy atom. The van der Waals surface area contributed by atoms with Crippen LogP contribution in [0.1, 0.15) is 42.4 Å². The number of carbonyl (C=O) groups excluding carboxylic acids is 2. The Hall–Kier alpha value is -2.93. The first-order valence-corrected chi connectivity index (χ1v) is 11.2. The van der Waals surface area contributed by atoms with Crippen molar-refractivity contribution in [3.63, 3.8) is 0 Å². The SMILES string of the molecule is CCOC(=O)n1nc(NC(=O)c2ccc(N3CCN(C)CC3)c([N+](=O)[O-])c2)c2c1C(C)(C)NC2.Cl.Cl. The van der Waals surface area contributed by atoms with Crippen LogP contribution in [0.25, 0.3) is 0 Å². The fourth-order valence-corrected chi connectivity index (χ4v) is 4.38. The summed E-state index contributed by atoms with van der Waals surface area (Å²) in [7, 11) is 2.01. The van der Waals surface area contributed by atoms with E-state index in [2.05, 4.69) is 20.6 Å². The molecule has 0 radical (unpaired) electrons. The number of piperazine rings is 1. The van der Waals surface area contributed by atoms with Gasteiger partial charge in [-0.2, -0.15) is 4.68 Å². The van der Waals surface area contributed by atoms with Crippen LogP contribution in [0.2, 0.25) is 0 Å². The standard InChI is InChI=1S/C22H29N7O5.2ClH/c1-5-34-21(31)28-18-15(13-23-22(18,2)3)19(25-28)24-20(30)14-6-7-16(17(12-14)29(32)33)27-10-8-26(4)9-11-27;;/h6-7,12,23H,5,8-11,13H2,1-4H3,(H,24,25,30);2*1H. The second-order valence-electron chi connectivity index (χ2n) is 8.97. The molecule has 1 aromatic heterocycles. The van der Waals surface area contributed by atoms with E-state index in [4.69, 9.17) is 4.74 Å². The smallest absolute Gasteiger partial charge is 0.435 e. The summed E-state index contributed by atoms with van der Waals surface area (Å²) in [5, 5.41) is 22.1. The Morgan fingerprint density at radius 1 is 1.22 bits per heavy atom. The number of fused-ring (bicyclic) bond motifs is 1. The van der Waals surface area contributed by atoms with Gasteiger partial charge in [-0.3, -0.25) is 14.9 Å². The van der Waals surface area contributed by atoms with E-state index in [-0.39, 0.29) is 48.5 Å². The van der Waals surface area contributed by atoms with Gasteiger partial charge in [-0.15, -0.1) is 29.9 Å². The average molecular weight is 544 g/mol. The van der Waals surface area contributed by atoms with Gasteiger partial charge in [0.25, 0.3) is 11.6 Å². The molecule has 1 aromatic carbocycles. The highest BCUT2D eigenvalue weighted by Crippen LogP contribution is 2.36. The Kier molecular flexibility index (Phi) is 9.29. The molecule has 0 unspecified atom stereocenters. The molecule has 4 rings (SSSR count). The van der Waals surface area contributed by atoms with E-state index >= 15 is 0 Å². The maximum atomic E-state index is 13.0. The second kappa shape index (κ2) is 11.4. The molecule has 198 valence electrons. The molecular weight excluding hydrogens is 513 g/mol. The van der Waals surface area contributed by atoms with E-state index in [9.17, 15) is 19.7 Å². The molecule has 0 aliphatic carbocycles. The molecular formula is C22H31Cl2N7O5. The van der Waals surface area contributed by atoms with Crippen LogP contribution in [-0.4, -0.2) is 71.4 Å². The highest BCUT2D eigenvalue weighted by molar-refractivity contribution is 6.05. The number of nitro benzene ring substituents is 1. The molecule has 0 saturated carbocycles. The van der Waals surface area contributed by atoms with Crippen LogP contribution in [0.3, 0.4) is 0 Å². The molecule has 14 heteroatoms. The number of likely N-dealkylation sites (N-methyl/N-ethyl adjacent to an activating group) is 1. The average Bonchev–Trinajstić information content (AvgIpc) is 3.32. The topological polar surface area (TPSA) is 135 Å². The number of benzene rings is 1. The van der Waals surface area contributed by atoms with Crippen molar-refractivity contribution in [1.29, 1.82) is 0 Å². The second-order valence-corrected chi connectivity index (χ2v) is 8.97. The Balaban J connectivity index is 0.00000228. The lowest BCUT2D eigenvalue weighted by Gasteiger charge is -2.33. The third-order valence-corrected chi connectivity index (χ3v) is 6.23. The molecule has 36 heavy (non-hydrogen) atoms. The lowest BCUT2D eigenvalue weighted by atomic mass is 10.0. The summed E-state index contributed by atoms with van der Waals surface area (Å²) in [6.07, 6.45) is -0.636. The van der Waals surface area contributed by atoms with Crippen LogP contribution < -0.4 is 15.5 Å². The van der Waals surface area contributed by atoms with Crippen molar-refractivity contribution in [2.45, 2.75) is 32.9 Å². The van der Waals surface area contributed by atoms with Gasteiger partial charge in [0, 0.05) is 49.9 Å². The lowest BCUT2D eigenvalue weighted by Crippen LogP contribution is -2.44. The molecule has 12 nitrogen and oxygen atoms in total. The zero-order valence-corrected chi connectivity index (χ0v) is 22.2. The number of aromatic nitrogens is 2. The fourth-order valence-electron chi connectivity index (χ4n) is 4.38. The zero-order chi connectivity index (χ0) is 24.6. The number of carbonyl (C=O) groups is 2. The van der Waals surface area contributed by atoms with E-state index in [0.29, 0.717) is 36.6 Å². The van der Waals surface area contributed by atoms with Crippen LogP contribution >= 0.6 is 24.8 Å². The Bertz CT molecular complexity index is 1150. The largest absolute Gasteiger partial charge is 0.448 e. The summed E-state index contributed by atoms with van der Waals surface area (Å²) in [5.41, 5.74) is 1.23. The molecule has 0 spiro atoms. The Labute approximate surface area is 221 Å². The summed E-state index contributed by atoms with van der Waals surface area (Å²) >= 11 is 0. The predicted octanol–water partition coefficient (Wildman–Crippen LogP) is 2.98. The number of amides is 1. The summed E-state index contributed by atoms with van der Waals surface area (Å²) < 4.78 is 6.27. The van der Waals surface area contributed by atoms with Gasteiger partial charge in [0.1, 0.15) is 5.69 Å². The van der Waals surface area contributed by atoms with Crippen LogP contribution in [-0.2, 0) is 16.8 Å². The van der Waals surface area contributed by atoms with Gasteiger partial charge in [0.2, 0.25) is 0 Å². The van der Waals surface area contributed by atoms with Gasteiger partial charge < -0.3 is 25.2 Å². The predicted molar refractivity (Wildman–Crippen MR) is 140 cm³/mol. The lowest BCUT2D eigenvalue weighted by molar-refractivity contribution is -0.384. The van der Waals surface area contributed by atoms with Crippen LogP contribution in [0.15, 0.2) is 18.2 Å². The number of anilines is 2. The summed E-state index contributed by atoms with van der Waals surface area (Å²) in [5.74, 6) is -0.328. The van der Waals surface area contributed by atoms with E-state index < -0.39 is 22.5 Å². The minimum atomic E-state index is -0.636. The van der Waals surface area contributed by atoms with Crippen LogP contribution in [0.4, 0.5) is 22.0 Å². The molecule has 1 amide bonds. The van der Waals surface area contributed by atoms with Gasteiger partial charge in [0.15, 0.2) is 5.82 Å². The number of ether oxygens (including phenoxy) is 1. The van der Waals surface area contributed by atoms with Crippen molar-refractivity contribution in [3.05, 3.63) is 45.1 Å². The van der Waals surface area contributed by atoms with Gasteiger partial charge in [-0.1, -0.05) is 0 Å². The third kappa shape index (κ3) is 5.56. The van der Waals surface area contributed by atoms with Gasteiger partial charge >= 0.3 is 6.09 Å².